The topological polar surface area (TPSA) is 40.1 Å². The van der Waals surface area contributed by atoms with Crippen LogP contribution in [0.25, 0.3) is 0 Å². The van der Waals surface area contributed by atoms with Gasteiger partial charge >= 0.3 is 0 Å². The van der Waals surface area contributed by atoms with E-state index in [0.717, 1.165) is 44.1 Å². The molecule has 2 aliphatic heterocycles. The van der Waals surface area contributed by atoms with Crippen molar-refractivity contribution in [2.75, 3.05) is 53.0 Å². The Balaban J connectivity index is 1.43. The fourth-order valence-corrected chi connectivity index (χ4v) is 4.53. The average Bonchev–Trinajstić information content (AvgIpc) is 3.28. The first-order chi connectivity index (χ1) is 14.7. The lowest BCUT2D eigenvalue weighted by Gasteiger charge is -2.35. The van der Waals surface area contributed by atoms with E-state index in [2.05, 4.69) is 50.4 Å². The minimum atomic E-state index is -0.194. The van der Waals surface area contributed by atoms with E-state index >= 15 is 0 Å². The summed E-state index contributed by atoms with van der Waals surface area (Å²) in [6.45, 7) is 5.76. The molecule has 0 aromatic heterocycles. The largest absolute Gasteiger partial charge is 0.379 e. The van der Waals surface area contributed by atoms with Crippen LogP contribution in [0.1, 0.15) is 29.5 Å². The van der Waals surface area contributed by atoms with Gasteiger partial charge in [-0.1, -0.05) is 42.5 Å². The highest BCUT2D eigenvalue weighted by Gasteiger charge is 2.28. The Morgan fingerprint density at radius 2 is 1.93 bits per heavy atom. The molecule has 0 aliphatic carbocycles. The summed E-state index contributed by atoms with van der Waals surface area (Å²) in [7, 11) is 1.84. The van der Waals surface area contributed by atoms with E-state index in [1.807, 2.05) is 13.1 Å². The quantitative estimate of drug-likeness (QED) is 0.607. The van der Waals surface area contributed by atoms with Gasteiger partial charge in [-0.05, 0) is 29.7 Å². The van der Waals surface area contributed by atoms with Gasteiger partial charge in [-0.15, -0.1) is 0 Å². The first-order valence-corrected chi connectivity index (χ1v) is 10.8. The lowest BCUT2D eigenvalue weighted by Crippen LogP contribution is -2.47. The zero-order chi connectivity index (χ0) is 20.8. The molecule has 2 aromatic carbocycles. The van der Waals surface area contributed by atoms with E-state index in [1.54, 1.807) is 12.1 Å². The van der Waals surface area contributed by atoms with Crippen LogP contribution in [0.3, 0.4) is 0 Å². The minimum Gasteiger partial charge on any atom is -0.379 e. The molecular formula is C24H31FN4O. The van der Waals surface area contributed by atoms with Crippen LogP contribution in [-0.4, -0.2) is 68.7 Å². The van der Waals surface area contributed by atoms with Crippen LogP contribution in [0.5, 0.6) is 0 Å². The molecule has 2 saturated heterocycles. The Hall–Kier alpha value is -2.44. The van der Waals surface area contributed by atoms with Gasteiger partial charge in [-0.2, -0.15) is 0 Å². The third kappa shape index (κ3) is 4.99. The fraction of sp³-hybridized carbons (Fsp3) is 0.458. The number of aliphatic imine (C=N–C) groups is 1. The Kier molecular flexibility index (Phi) is 6.97. The summed E-state index contributed by atoms with van der Waals surface area (Å²) in [5, 5.41) is 3.57. The maximum Gasteiger partial charge on any atom is 0.193 e. The molecule has 2 unspecified atom stereocenters. The van der Waals surface area contributed by atoms with Crippen molar-refractivity contribution in [1.82, 2.24) is 15.1 Å². The smallest absolute Gasteiger partial charge is 0.193 e. The van der Waals surface area contributed by atoms with Gasteiger partial charge in [0.05, 0.1) is 19.3 Å². The number of nitrogens with zero attached hydrogens (tertiary/aromatic N) is 3. The monoisotopic (exact) mass is 410 g/mol. The molecule has 6 heteroatoms. The van der Waals surface area contributed by atoms with Gasteiger partial charge in [0.2, 0.25) is 0 Å². The molecular weight excluding hydrogens is 379 g/mol. The number of nitrogens with one attached hydrogen (secondary N) is 1. The van der Waals surface area contributed by atoms with Crippen LogP contribution in [-0.2, 0) is 4.74 Å². The standard InChI is InChI=1S/C24H31FN4O/c1-26-24(29-11-10-21(18-29)19-6-3-2-4-7-19)27-17-23(28-12-14-30-15-13-28)20-8-5-9-22(25)16-20/h2-9,16,21,23H,10-15,17-18H2,1H3,(H,26,27). The predicted molar refractivity (Wildman–Crippen MR) is 118 cm³/mol. The molecule has 0 spiro atoms. The number of ether oxygens (including phenoxy) is 1. The maximum atomic E-state index is 13.9. The molecule has 0 amide bonds. The Morgan fingerprint density at radius 3 is 2.67 bits per heavy atom. The molecule has 5 nitrogen and oxygen atoms in total. The molecule has 2 aliphatic rings. The summed E-state index contributed by atoms with van der Waals surface area (Å²) >= 11 is 0. The van der Waals surface area contributed by atoms with Crippen LogP contribution in [0.2, 0.25) is 0 Å². The highest BCUT2D eigenvalue weighted by atomic mass is 19.1. The van der Waals surface area contributed by atoms with Gasteiger partial charge in [-0.25, -0.2) is 4.39 Å². The second-order valence-corrected chi connectivity index (χ2v) is 7.99. The molecule has 30 heavy (non-hydrogen) atoms. The van der Waals surface area contributed by atoms with Gasteiger partial charge in [0.15, 0.2) is 5.96 Å². The number of guanidine groups is 1. The van der Waals surface area contributed by atoms with Crippen molar-refractivity contribution in [1.29, 1.82) is 0 Å². The molecule has 0 bridgehead atoms. The van der Waals surface area contributed by atoms with Gasteiger partial charge in [0, 0.05) is 45.7 Å². The molecule has 0 saturated carbocycles. The molecule has 2 aromatic rings. The molecule has 1 N–H and O–H groups in total. The summed E-state index contributed by atoms with van der Waals surface area (Å²) in [5.74, 6) is 1.26. The van der Waals surface area contributed by atoms with Crippen molar-refractivity contribution in [3.8, 4) is 0 Å². The third-order valence-electron chi connectivity index (χ3n) is 6.14. The molecule has 2 atom stereocenters. The van der Waals surface area contributed by atoms with Crippen molar-refractivity contribution in [3.05, 3.63) is 71.5 Å². The fourth-order valence-electron chi connectivity index (χ4n) is 4.53. The Bertz CT molecular complexity index is 838. The molecule has 0 radical (unpaired) electrons. The zero-order valence-corrected chi connectivity index (χ0v) is 17.6. The predicted octanol–water partition coefficient (Wildman–Crippen LogP) is 3.26. The van der Waals surface area contributed by atoms with Crippen LogP contribution in [0.15, 0.2) is 59.6 Å². The van der Waals surface area contributed by atoms with E-state index in [9.17, 15) is 4.39 Å². The van der Waals surface area contributed by atoms with Gasteiger partial charge < -0.3 is 15.0 Å². The number of rotatable bonds is 5. The molecule has 4 rings (SSSR count). The summed E-state index contributed by atoms with van der Waals surface area (Å²) in [6, 6.07) is 17.7. The molecule has 2 fully saturated rings. The van der Waals surface area contributed by atoms with E-state index < -0.39 is 0 Å². The van der Waals surface area contributed by atoms with Crippen molar-refractivity contribution >= 4 is 5.96 Å². The van der Waals surface area contributed by atoms with Crippen molar-refractivity contribution < 1.29 is 9.13 Å². The second-order valence-electron chi connectivity index (χ2n) is 7.99. The van der Waals surface area contributed by atoms with Gasteiger partial charge in [0.25, 0.3) is 0 Å². The van der Waals surface area contributed by atoms with E-state index in [4.69, 9.17) is 4.74 Å². The van der Waals surface area contributed by atoms with Crippen LogP contribution < -0.4 is 5.32 Å². The van der Waals surface area contributed by atoms with E-state index in [-0.39, 0.29) is 11.9 Å². The SMILES string of the molecule is CN=C(NCC(c1cccc(F)c1)N1CCOCC1)N1CCC(c2ccccc2)C1. The highest BCUT2D eigenvalue weighted by Crippen LogP contribution is 2.27. The summed E-state index contributed by atoms with van der Waals surface area (Å²) in [4.78, 5) is 9.24. The van der Waals surface area contributed by atoms with E-state index in [0.29, 0.717) is 25.7 Å². The number of hydrogen-bond acceptors (Lipinski definition) is 3. The van der Waals surface area contributed by atoms with Crippen molar-refractivity contribution in [2.24, 2.45) is 4.99 Å². The lowest BCUT2D eigenvalue weighted by atomic mass is 9.99. The van der Waals surface area contributed by atoms with Gasteiger partial charge in [0.1, 0.15) is 5.82 Å². The second kappa shape index (κ2) is 10.0. The van der Waals surface area contributed by atoms with E-state index in [1.165, 1.54) is 11.6 Å². The zero-order valence-electron chi connectivity index (χ0n) is 17.6. The van der Waals surface area contributed by atoms with Crippen molar-refractivity contribution in [2.45, 2.75) is 18.4 Å². The third-order valence-corrected chi connectivity index (χ3v) is 6.14. The first kappa shape index (κ1) is 20.8. The highest BCUT2D eigenvalue weighted by molar-refractivity contribution is 5.80. The normalized spacial score (nSPS) is 21.6. The number of halogens is 1. The van der Waals surface area contributed by atoms with Gasteiger partial charge in [-0.3, -0.25) is 9.89 Å². The van der Waals surface area contributed by atoms with Crippen molar-refractivity contribution in [3.63, 3.8) is 0 Å². The van der Waals surface area contributed by atoms with Crippen LogP contribution in [0, 0.1) is 5.82 Å². The Labute approximate surface area is 178 Å². The minimum absolute atomic E-state index is 0.0777. The summed E-state index contributed by atoms with van der Waals surface area (Å²) in [5.41, 5.74) is 2.38. The number of morpholine rings is 1. The average molecular weight is 411 g/mol. The van der Waals surface area contributed by atoms with Crippen LogP contribution in [0.4, 0.5) is 4.39 Å². The number of hydrogen-bond donors (Lipinski definition) is 1. The summed E-state index contributed by atoms with van der Waals surface area (Å²) < 4.78 is 19.4. The number of likely N-dealkylation sites (tertiary alicyclic amines) is 1. The lowest BCUT2D eigenvalue weighted by molar-refractivity contribution is 0.0168. The van der Waals surface area contributed by atoms with Crippen LogP contribution >= 0.6 is 0 Å². The first-order valence-electron chi connectivity index (χ1n) is 10.8. The molecule has 2 heterocycles. The Morgan fingerprint density at radius 1 is 1.13 bits per heavy atom. The molecule has 160 valence electrons. The summed E-state index contributed by atoms with van der Waals surface area (Å²) in [6.07, 6.45) is 1.13. The maximum absolute atomic E-state index is 13.9. The number of benzene rings is 2.